The fourth-order valence-corrected chi connectivity index (χ4v) is 1.87. The first-order chi connectivity index (χ1) is 4.99. The van der Waals surface area contributed by atoms with Crippen molar-refractivity contribution >= 4 is 0 Å². The Morgan fingerprint density at radius 2 is 1.82 bits per heavy atom. The molecule has 64 valence electrons. The van der Waals surface area contributed by atoms with Crippen LogP contribution in [0.1, 0.15) is 32.1 Å². The van der Waals surface area contributed by atoms with Crippen LogP contribution in [0.5, 0.6) is 0 Å². The van der Waals surface area contributed by atoms with E-state index in [1.54, 1.807) is 0 Å². The lowest BCUT2D eigenvalue weighted by atomic mass is 9.77. The van der Waals surface area contributed by atoms with Gasteiger partial charge in [-0.25, -0.2) is 8.78 Å². The molecule has 2 saturated carbocycles. The van der Waals surface area contributed by atoms with E-state index in [1.165, 1.54) is 0 Å². The number of halogens is 2. The minimum absolute atomic E-state index is 0.0405. The van der Waals surface area contributed by atoms with Crippen LogP contribution in [0.25, 0.3) is 0 Å². The normalized spacial score (nSPS) is 33.0. The van der Waals surface area contributed by atoms with Gasteiger partial charge in [0.2, 0.25) is 5.92 Å². The fourth-order valence-electron chi connectivity index (χ4n) is 1.87. The molecule has 2 fully saturated rings. The van der Waals surface area contributed by atoms with Gasteiger partial charge in [0.1, 0.15) is 0 Å². The standard InChI is InChI=1S/C8H13F2N/c9-8(10)4-6(5-8)3-7(11)1-2-7/h6H,1-5,11H2. The first-order valence-corrected chi connectivity index (χ1v) is 4.16. The van der Waals surface area contributed by atoms with Crippen molar-refractivity contribution < 1.29 is 8.78 Å². The third kappa shape index (κ3) is 1.53. The van der Waals surface area contributed by atoms with Gasteiger partial charge in [0.15, 0.2) is 0 Å². The van der Waals surface area contributed by atoms with Gasteiger partial charge in [0.05, 0.1) is 0 Å². The van der Waals surface area contributed by atoms with Crippen molar-refractivity contribution in [1.82, 2.24) is 0 Å². The zero-order valence-electron chi connectivity index (χ0n) is 6.45. The third-order valence-corrected chi connectivity index (χ3v) is 2.76. The summed E-state index contributed by atoms with van der Waals surface area (Å²) in [6, 6.07) is 0. The summed E-state index contributed by atoms with van der Waals surface area (Å²) in [4.78, 5) is 0. The molecule has 2 aliphatic carbocycles. The van der Waals surface area contributed by atoms with Gasteiger partial charge in [0.25, 0.3) is 0 Å². The zero-order chi connectivity index (χ0) is 8.11. The van der Waals surface area contributed by atoms with Crippen LogP contribution in [0.2, 0.25) is 0 Å². The van der Waals surface area contributed by atoms with Gasteiger partial charge in [-0.15, -0.1) is 0 Å². The van der Waals surface area contributed by atoms with Crippen molar-refractivity contribution in [3.63, 3.8) is 0 Å². The summed E-state index contributed by atoms with van der Waals surface area (Å²) in [5, 5.41) is 0. The second-order valence-electron chi connectivity index (χ2n) is 4.20. The van der Waals surface area contributed by atoms with Crippen molar-refractivity contribution in [2.45, 2.75) is 43.6 Å². The average molecular weight is 161 g/mol. The topological polar surface area (TPSA) is 26.0 Å². The quantitative estimate of drug-likeness (QED) is 0.657. The van der Waals surface area contributed by atoms with Crippen LogP contribution >= 0.6 is 0 Å². The summed E-state index contributed by atoms with van der Waals surface area (Å²) in [7, 11) is 0. The van der Waals surface area contributed by atoms with Gasteiger partial charge in [0, 0.05) is 18.4 Å². The summed E-state index contributed by atoms with van der Waals surface area (Å²) in [6.45, 7) is 0. The lowest BCUT2D eigenvalue weighted by Crippen LogP contribution is -2.39. The number of hydrogen-bond acceptors (Lipinski definition) is 1. The van der Waals surface area contributed by atoms with E-state index >= 15 is 0 Å². The van der Waals surface area contributed by atoms with Crippen LogP contribution in [0.3, 0.4) is 0 Å². The summed E-state index contributed by atoms with van der Waals surface area (Å²) in [6.07, 6.45) is 3.05. The lowest BCUT2D eigenvalue weighted by molar-refractivity contribution is -0.113. The van der Waals surface area contributed by atoms with Crippen LogP contribution in [-0.2, 0) is 0 Å². The van der Waals surface area contributed by atoms with E-state index in [0.29, 0.717) is 0 Å². The minimum Gasteiger partial charge on any atom is -0.325 e. The van der Waals surface area contributed by atoms with E-state index < -0.39 is 5.92 Å². The number of alkyl halides is 2. The smallest absolute Gasteiger partial charge is 0.248 e. The molecule has 0 saturated heterocycles. The number of nitrogens with two attached hydrogens (primary N) is 1. The van der Waals surface area contributed by atoms with Crippen molar-refractivity contribution in [3.8, 4) is 0 Å². The molecule has 0 spiro atoms. The monoisotopic (exact) mass is 161 g/mol. The summed E-state index contributed by atoms with van der Waals surface area (Å²) < 4.78 is 24.7. The molecular weight excluding hydrogens is 148 g/mol. The predicted molar refractivity (Wildman–Crippen MR) is 38.4 cm³/mol. The van der Waals surface area contributed by atoms with Crippen molar-refractivity contribution in [2.75, 3.05) is 0 Å². The predicted octanol–water partition coefficient (Wildman–Crippen LogP) is 1.91. The molecule has 0 heterocycles. The maximum atomic E-state index is 12.3. The molecule has 0 aromatic carbocycles. The number of rotatable bonds is 2. The average Bonchev–Trinajstić information content (AvgIpc) is 2.42. The van der Waals surface area contributed by atoms with E-state index in [4.69, 9.17) is 5.73 Å². The minimum atomic E-state index is -2.37. The molecule has 0 unspecified atom stereocenters. The van der Waals surface area contributed by atoms with Gasteiger partial charge in [-0.05, 0) is 25.2 Å². The summed E-state index contributed by atoms with van der Waals surface area (Å²) in [5.41, 5.74) is 5.76. The van der Waals surface area contributed by atoms with E-state index in [1.807, 2.05) is 0 Å². The van der Waals surface area contributed by atoms with Gasteiger partial charge >= 0.3 is 0 Å². The lowest BCUT2D eigenvalue weighted by Gasteiger charge is -2.36. The molecule has 2 rings (SSSR count). The molecule has 3 heteroatoms. The summed E-state index contributed by atoms with van der Waals surface area (Å²) in [5.74, 6) is -2.16. The van der Waals surface area contributed by atoms with Crippen LogP contribution in [0.15, 0.2) is 0 Å². The highest BCUT2D eigenvalue weighted by atomic mass is 19.3. The van der Waals surface area contributed by atoms with E-state index in [2.05, 4.69) is 0 Å². The molecule has 0 atom stereocenters. The Morgan fingerprint density at radius 3 is 2.18 bits per heavy atom. The molecule has 0 radical (unpaired) electrons. The van der Waals surface area contributed by atoms with E-state index in [0.717, 1.165) is 19.3 Å². The first kappa shape index (κ1) is 7.47. The van der Waals surface area contributed by atoms with Gasteiger partial charge in [-0.2, -0.15) is 0 Å². The van der Waals surface area contributed by atoms with Crippen molar-refractivity contribution in [1.29, 1.82) is 0 Å². The Kier molecular flexibility index (Phi) is 1.32. The van der Waals surface area contributed by atoms with E-state index in [-0.39, 0.29) is 24.3 Å². The van der Waals surface area contributed by atoms with Crippen LogP contribution < -0.4 is 5.73 Å². The molecule has 2 aliphatic rings. The summed E-state index contributed by atoms with van der Waals surface area (Å²) >= 11 is 0. The molecule has 0 bridgehead atoms. The maximum Gasteiger partial charge on any atom is 0.248 e. The van der Waals surface area contributed by atoms with E-state index in [9.17, 15) is 8.78 Å². The second-order valence-corrected chi connectivity index (χ2v) is 4.20. The molecule has 0 aromatic heterocycles. The van der Waals surface area contributed by atoms with Crippen LogP contribution in [0.4, 0.5) is 8.78 Å². The molecule has 0 amide bonds. The Bertz CT molecular complexity index is 167. The van der Waals surface area contributed by atoms with Gasteiger partial charge in [-0.3, -0.25) is 0 Å². The Balaban J connectivity index is 1.75. The van der Waals surface area contributed by atoms with Crippen molar-refractivity contribution in [3.05, 3.63) is 0 Å². The molecule has 1 nitrogen and oxygen atoms in total. The van der Waals surface area contributed by atoms with Crippen molar-refractivity contribution in [2.24, 2.45) is 11.7 Å². The highest BCUT2D eigenvalue weighted by molar-refractivity contribution is 5.02. The molecular formula is C8H13F2N. The Labute approximate surface area is 65.0 Å². The second kappa shape index (κ2) is 1.94. The highest BCUT2D eigenvalue weighted by Crippen LogP contribution is 2.49. The molecule has 2 N–H and O–H groups in total. The van der Waals surface area contributed by atoms with Crippen LogP contribution in [0, 0.1) is 5.92 Å². The molecule has 11 heavy (non-hydrogen) atoms. The SMILES string of the molecule is NC1(CC2CC(F)(F)C2)CC1. The highest BCUT2D eigenvalue weighted by Gasteiger charge is 2.50. The Hall–Kier alpha value is -0.180. The van der Waals surface area contributed by atoms with Gasteiger partial charge < -0.3 is 5.73 Å². The number of hydrogen-bond donors (Lipinski definition) is 1. The third-order valence-electron chi connectivity index (χ3n) is 2.76. The maximum absolute atomic E-state index is 12.3. The fraction of sp³-hybridized carbons (Fsp3) is 1.00. The van der Waals surface area contributed by atoms with Crippen LogP contribution in [-0.4, -0.2) is 11.5 Å². The zero-order valence-corrected chi connectivity index (χ0v) is 6.45. The van der Waals surface area contributed by atoms with Gasteiger partial charge in [-0.1, -0.05) is 0 Å². The molecule has 0 aliphatic heterocycles. The molecule has 0 aromatic rings. The largest absolute Gasteiger partial charge is 0.325 e. The Morgan fingerprint density at radius 1 is 1.27 bits per heavy atom. The first-order valence-electron chi connectivity index (χ1n) is 4.16.